The van der Waals surface area contributed by atoms with Gasteiger partial charge in [-0.15, -0.1) is 11.3 Å². The molecule has 0 aliphatic carbocycles. The molecule has 9 nitrogen and oxygen atoms in total. The minimum absolute atomic E-state index is 0.00385. The molecule has 0 radical (unpaired) electrons. The maximum atomic E-state index is 12.2. The number of nitrogens with two attached hydrogens (primary N) is 1. The number of amides is 1. The molecule has 10 heteroatoms. The molecule has 144 valence electrons. The number of aromatic nitrogens is 1. The number of ketones is 1. The molecule has 0 atom stereocenters. The van der Waals surface area contributed by atoms with Gasteiger partial charge in [-0.1, -0.05) is 0 Å². The second-order valence-electron chi connectivity index (χ2n) is 5.38. The van der Waals surface area contributed by atoms with Crippen molar-refractivity contribution in [2.24, 2.45) is 0 Å². The number of Topliss-reactive ketones (excluding diaryl/α,β-unsaturated/α-hetero) is 1. The van der Waals surface area contributed by atoms with E-state index in [-0.39, 0.29) is 45.7 Å². The van der Waals surface area contributed by atoms with E-state index >= 15 is 0 Å². The first-order valence-corrected chi connectivity index (χ1v) is 8.78. The lowest BCUT2D eigenvalue weighted by atomic mass is 10.1. The summed E-state index contributed by atoms with van der Waals surface area (Å²) in [7, 11) is 1.43. The van der Waals surface area contributed by atoms with Gasteiger partial charge < -0.3 is 25.5 Å². The van der Waals surface area contributed by atoms with Gasteiger partial charge in [-0.05, 0) is 19.9 Å². The number of esters is 2. The van der Waals surface area contributed by atoms with Crippen molar-refractivity contribution in [3.8, 4) is 0 Å². The van der Waals surface area contributed by atoms with Gasteiger partial charge in [0.2, 0.25) is 0 Å². The Bertz CT molecular complexity index is 899. The lowest BCUT2D eigenvalue weighted by Gasteiger charge is -2.08. The molecule has 0 saturated carbocycles. The molecule has 1 amide bonds. The molecule has 0 unspecified atom stereocenters. The van der Waals surface area contributed by atoms with Gasteiger partial charge in [0.05, 0.1) is 6.61 Å². The Kier molecular flexibility index (Phi) is 6.35. The van der Waals surface area contributed by atoms with E-state index in [1.54, 1.807) is 6.92 Å². The molecule has 0 fully saturated rings. The fourth-order valence-electron chi connectivity index (χ4n) is 2.28. The summed E-state index contributed by atoms with van der Waals surface area (Å²) >= 11 is 0.904. The summed E-state index contributed by atoms with van der Waals surface area (Å²) in [6.07, 6.45) is 1.39. The molecular formula is C17H19N3O6S. The first-order chi connectivity index (χ1) is 12.8. The van der Waals surface area contributed by atoms with Gasteiger partial charge in [0.15, 0.2) is 5.78 Å². The molecule has 4 N–H and O–H groups in total. The number of nitrogen functional groups attached to an aromatic ring is 1. The predicted molar refractivity (Wildman–Crippen MR) is 98.0 cm³/mol. The molecule has 0 saturated heterocycles. The summed E-state index contributed by atoms with van der Waals surface area (Å²) in [5.41, 5.74) is 6.45. The number of aromatic amines is 1. The molecule has 2 aromatic heterocycles. The van der Waals surface area contributed by atoms with E-state index in [0.29, 0.717) is 5.56 Å². The highest BCUT2D eigenvalue weighted by atomic mass is 32.1. The fourth-order valence-corrected chi connectivity index (χ4v) is 3.28. The second kappa shape index (κ2) is 8.49. The maximum absolute atomic E-state index is 12.2. The topological polar surface area (TPSA) is 141 Å². The minimum atomic E-state index is -0.745. The van der Waals surface area contributed by atoms with E-state index in [9.17, 15) is 19.2 Å². The highest BCUT2D eigenvalue weighted by Crippen LogP contribution is 2.32. The van der Waals surface area contributed by atoms with Gasteiger partial charge in [-0.2, -0.15) is 0 Å². The molecule has 0 aliphatic heterocycles. The number of H-pyrrole nitrogens is 1. The largest absolute Gasteiger partial charge is 0.462 e. The zero-order chi connectivity index (χ0) is 20.1. The lowest BCUT2D eigenvalue weighted by molar-refractivity contribution is 0.0445. The Balaban J connectivity index is 2.29. The first-order valence-electron chi connectivity index (χ1n) is 7.96. The summed E-state index contributed by atoms with van der Waals surface area (Å²) in [6, 6.07) is 1.36. The number of carbonyl (C=O) groups is 4. The van der Waals surface area contributed by atoms with E-state index in [1.165, 1.54) is 26.2 Å². The van der Waals surface area contributed by atoms with Crippen molar-refractivity contribution < 1.29 is 28.7 Å². The smallest absolute Gasteiger partial charge is 0.355 e. The third-order valence-electron chi connectivity index (χ3n) is 3.60. The predicted octanol–water partition coefficient (Wildman–Crippen LogP) is 1.75. The van der Waals surface area contributed by atoms with Crippen LogP contribution in [0, 0.1) is 0 Å². The molecule has 0 aliphatic rings. The standard InChI is InChI=1S/C17H19N3O6S/c1-4-25-17(24)12-10(13(15(22)19-3)27-14(12)18)7-26-16(23)11-5-9(6-20-11)8(2)21/h5-6,20H,4,7,18H2,1-3H3,(H,19,22). The maximum Gasteiger partial charge on any atom is 0.355 e. The number of hydrogen-bond acceptors (Lipinski definition) is 8. The van der Waals surface area contributed by atoms with Crippen LogP contribution in [0.25, 0.3) is 0 Å². The normalized spacial score (nSPS) is 10.3. The monoisotopic (exact) mass is 393 g/mol. The highest BCUT2D eigenvalue weighted by Gasteiger charge is 2.27. The lowest BCUT2D eigenvalue weighted by Crippen LogP contribution is -2.20. The number of hydrogen-bond donors (Lipinski definition) is 3. The number of anilines is 1. The van der Waals surface area contributed by atoms with Crippen LogP contribution in [0.5, 0.6) is 0 Å². The van der Waals surface area contributed by atoms with Crippen molar-refractivity contribution in [2.45, 2.75) is 20.5 Å². The summed E-state index contributed by atoms with van der Waals surface area (Å²) in [4.78, 5) is 50.6. The number of nitrogens with one attached hydrogen (secondary N) is 2. The minimum Gasteiger partial charge on any atom is -0.462 e. The number of carbonyl (C=O) groups excluding carboxylic acids is 4. The van der Waals surface area contributed by atoms with Gasteiger partial charge in [-0.25, -0.2) is 9.59 Å². The third-order valence-corrected chi connectivity index (χ3v) is 4.66. The van der Waals surface area contributed by atoms with Gasteiger partial charge in [0.1, 0.15) is 27.7 Å². The van der Waals surface area contributed by atoms with Crippen molar-refractivity contribution in [1.29, 1.82) is 0 Å². The second-order valence-corrected chi connectivity index (χ2v) is 6.44. The molecular weight excluding hydrogens is 374 g/mol. The van der Waals surface area contributed by atoms with Gasteiger partial charge >= 0.3 is 11.9 Å². The molecule has 2 rings (SSSR count). The Hall–Kier alpha value is -3.14. The van der Waals surface area contributed by atoms with Crippen molar-refractivity contribution in [1.82, 2.24) is 10.3 Å². The average Bonchev–Trinajstić information content (AvgIpc) is 3.24. The van der Waals surface area contributed by atoms with Crippen LogP contribution >= 0.6 is 11.3 Å². The number of thiophene rings is 1. The van der Waals surface area contributed by atoms with Crippen LogP contribution in [0.15, 0.2) is 12.3 Å². The number of rotatable bonds is 7. The molecule has 2 aromatic rings. The van der Waals surface area contributed by atoms with Crippen molar-refractivity contribution in [3.05, 3.63) is 39.5 Å². The molecule has 0 aromatic carbocycles. The third kappa shape index (κ3) is 4.34. The van der Waals surface area contributed by atoms with Gasteiger partial charge in [0.25, 0.3) is 5.91 Å². The van der Waals surface area contributed by atoms with Crippen molar-refractivity contribution >= 4 is 40.0 Å². The van der Waals surface area contributed by atoms with Crippen LogP contribution in [0.4, 0.5) is 5.00 Å². The van der Waals surface area contributed by atoms with Crippen molar-refractivity contribution in [2.75, 3.05) is 19.4 Å². The van der Waals surface area contributed by atoms with Crippen LogP contribution in [-0.2, 0) is 16.1 Å². The van der Waals surface area contributed by atoms with Crippen LogP contribution in [0.3, 0.4) is 0 Å². The molecule has 27 heavy (non-hydrogen) atoms. The van der Waals surface area contributed by atoms with Gasteiger partial charge in [-0.3, -0.25) is 9.59 Å². The Morgan fingerprint density at radius 1 is 1.22 bits per heavy atom. The number of ether oxygens (including phenoxy) is 2. The molecule has 2 heterocycles. The van der Waals surface area contributed by atoms with Crippen LogP contribution in [0.2, 0.25) is 0 Å². The molecule has 0 spiro atoms. The Morgan fingerprint density at radius 3 is 2.48 bits per heavy atom. The SMILES string of the molecule is CCOC(=O)c1c(N)sc(C(=O)NC)c1COC(=O)c1cc(C(C)=O)c[nH]1. The molecule has 0 bridgehead atoms. The Morgan fingerprint density at radius 2 is 1.93 bits per heavy atom. The van der Waals surface area contributed by atoms with E-state index in [1.807, 2.05) is 0 Å². The summed E-state index contributed by atoms with van der Waals surface area (Å²) in [6.45, 7) is 2.77. The zero-order valence-electron chi connectivity index (χ0n) is 15.0. The van der Waals surface area contributed by atoms with E-state index in [0.717, 1.165) is 11.3 Å². The van der Waals surface area contributed by atoms with Crippen LogP contribution in [-0.4, -0.2) is 42.3 Å². The van der Waals surface area contributed by atoms with Crippen molar-refractivity contribution in [3.63, 3.8) is 0 Å². The summed E-state index contributed by atoms with van der Waals surface area (Å²) in [5.74, 6) is -2.12. The average molecular weight is 393 g/mol. The van der Waals surface area contributed by atoms with Crippen LogP contribution < -0.4 is 11.1 Å². The highest BCUT2D eigenvalue weighted by molar-refractivity contribution is 7.18. The van der Waals surface area contributed by atoms with Crippen LogP contribution in [0.1, 0.15) is 60.3 Å². The van der Waals surface area contributed by atoms with Gasteiger partial charge in [0, 0.05) is 24.4 Å². The van der Waals surface area contributed by atoms with E-state index in [2.05, 4.69) is 10.3 Å². The summed E-state index contributed by atoms with van der Waals surface area (Å²) < 4.78 is 10.2. The quantitative estimate of drug-likeness (QED) is 0.481. The Labute approximate surface area is 158 Å². The van der Waals surface area contributed by atoms with E-state index in [4.69, 9.17) is 15.2 Å². The zero-order valence-corrected chi connectivity index (χ0v) is 15.8. The summed E-state index contributed by atoms with van der Waals surface area (Å²) in [5, 5.41) is 2.54. The fraction of sp³-hybridized carbons (Fsp3) is 0.294. The first kappa shape index (κ1) is 20.2. The van der Waals surface area contributed by atoms with E-state index < -0.39 is 17.8 Å².